The molecule has 6 nitrogen and oxygen atoms in total. The molecule has 2 fully saturated rings. The van der Waals surface area contributed by atoms with Crippen LogP contribution in [0, 0.1) is 0 Å². The summed E-state index contributed by atoms with van der Waals surface area (Å²) >= 11 is 0. The number of rotatable bonds is 2. The predicted octanol–water partition coefficient (Wildman–Crippen LogP) is 1.25. The van der Waals surface area contributed by atoms with Gasteiger partial charge in [-0.2, -0.15) is 0 Å². The Morgan fingerprint density at radius 1 is 1.24 bits per heavy atom. The summed E-state index contributed by atoms with van der Waals surface area (Å²) in [6.07, 6.45) is 3.16. The molecule has 6 heteroatoms. The Morgan fingerprint density at radius 2 is 1.90 bits per heavy atom. The van der Waals surface area contributed by atoms with E-state index in [-0.39, 0.29) is 12.0 Å². The molecular weight excluding hydrogens is 270 g/mol. The molecule has 0 radical (unpaired) electrons. The number of carbonyl (C=O) groups is 2. The maximum atomic E-state index is 12.0. The first kappa shape index (κ1) is 16.1. The standard InChI is InChI=1S/C15H27N3O3/c1-15(2,3)21-14(20)18-8-6-11(7-9-18)17-12-4-5-13(19)16-10-12/h11-12,17H,4-10H2,1-3H3,(H,16,19). The molecule has 0 aromatic rings. The van der Waals surface area contributed by atoms with Crippen molar-refractivity contribution in [2.45, 2.75) is 64.1 Å². The molecule has 0 aliphatic carbocycles. The van der Waals surface area contributed by atoms with Gasteiger partial charge >= 0.3 is 6.09 Å². The third-order valence-electron chi connectivity index (χ3n) is 3.88. The lowest BCUT2D eigenvalue weighted by atomic mass is 10.0. The van der Waals surface area contributed by atoms with Crippen LogP contribution in [0.1, 0.15) is 46.5 Å². The van der Waals surface area contributed by atoms with E-state index in [0.29, 0.717) is 25.0 Å². The van der Waals surface area contributed by atoms with Gasteiger partial charge in [0.25, 0.3) is 0 Å². The van der Waals surface area contributed by atoms with Gasteiger partial charge in [-0.25, -0.2) is 4.79 Å². The SMILES string of the molecule is CC(C)(C)OC(=O)N1CCC(NC2CCC(=O)NC2)CC1. The second-order valence-electron chi connectivity index (χ2n) is 6.95. The van der Waals surface area contributed by atoms with E-state index in [1.165, 1.54) is 0 Å². The van der Waals surface area contributed by atoms with E-state index in [2.05, 4.69) is 10.6 Å². The number of amides is 2. The highest BCUT2D eigenvalue weighted by Crippen LogP contribution is 2.16. The molecule has 0 spiro atoms. The molecule has 2 aliphatic rings. The third kappa shape index (κ3) is 5.19. The second-order valence-corrected chi connectivity index (χ2v) is 6.95. The summed E-state index contributed by atoms with van der Waals surface area (Å²) in [5.41, 5.74) is -0.438. The van der Waals surface area contributed by atoms with Crippen molar-refractivity contribution in [2.24, 2.45) is 0 Å². The first-order chi connectivity index (χ1) is 9.83. The Morgan fingerprint density at radius 3 is 2.43 bits per heavy atom. The molecule has 2 N–H and O–H groups in total. The number of carbonyl (C=O) groups excluding carboxylic acids is 2. The average molecular weight is 297 g/mol. The number of hydrogen-bond donors (Lipinski definition) is 2. The van der Waals surface area contributed by atoms with Gasteiger partial charge in [0.05, 0.1) is 0 Å². The molecular formula is C15H27N3O3. The average Bonchev–Trinajstić information content (AvgIpc) is 2.40. The first-order valence-electron chi connectivity index (χ1n) is 7.84. The highest BCUT2D eigenvalue weighted by atomic mass is 16.6. The summed E-state index contributed by atoms with van der Waals surface area (Å²) in [6, 6.07) is 0.782. The van der Waals surface area contributed by atoms with Crippen LogP contribution < -0.4 is 10.6 Å². The van der Waals surface area contributed by atoms with Crippen LogP contribution in [0.3, 0.4) is 0 Å². The lowest BCUT2D eigenvalue weighted by Crippen LogP contribution is -2.53. The molecule has 0 aromatic carbocycles. The summed E-state index contributed by atoms with van der Waals surface area (Å²) in [5.74, 6) is 0.146. The molecule has 1 unspecified atom stereocenters. The van der Waals surface area contributed by atoms with Gasteiger partial charge in [-0.3, -0.25) is 4.79 Å². The van der Waals surface area contributed by atoms with Gasteiger partial charge < -0.3 is 20.3 Å². The molecule has 0 bridgehead atoms. The number of ether oxygens (including phenoxy) is 1. The van der Waals surface area contributed by atoms with Gasteiger partial charge in [0.15, 0.2) is 0 Å². The molecule has 2 heterocycles. The van der Waals surface area contributed by atoms with Crippen molar-refractivity contribution in [3.63, 3.8) is 0 Å². The van der Waals surface area contributed by atoms with Crippen molar-refractivity contribution in [1.29, 1.82) is 0 Å². The first-order valence-corrected chi connectivity index (χ1v) is 7.84. The van der Waals surface area contributed by atoms with Gasteiger partial charge in [0.2, 0.25) is 5.91 Å². The van der Waals surface area contributed by atoms with Crippen molar-refractivity contribution in [3.05, 3.63) is 0 Å². The highest BCUT2D eigenvalue weighted by Gasteiger charge is 2.28. The zero-order valence-corrected chi connectivity index (χ0v) is 13.3. The fourth-order valence-corrected chi connectivity index (χ4v) is 2.76. The summed E-state index contributed by atoms with van der Waals surface area (Å²) in [5, 5.41) is 6.48. The highest BCUT2D eigenvalue weighted by molar-refractivity contribution is 5.76. The van der Waals surface area contributed by atoms with Crippen molar-refractivity contribution in [1.82, 2.24) is 15.5 Å². The number of likely N-dealkylation sites (tertiary alicyclic amines) is 1. The van der Waals surface area contributed by atoms with Gasteiger partial charge in [-0.15, -0.1) is 0 Å². The molecule has 0 saturated carbocycles. The summed E-state index contributed by atoms with van der Waals surface area (Å²) in [4.78, 5) is 24.9. The van der Waals surface area contributed by atoms with Crippen LogP contribution in [0.4, 0.5) is 4.79 Å². The van der Waals surface area contributed by atoms with E-state index in [4.69, 9.17) is 4.74 Å². The molecule has 2 rings (SSSR count). The van der Waals surface area contributed by atoms with Gasteiger partial charge in [0, 0.05) is 38.1 Å². The topological polar surface area (TPSA) is 70.7 Å². The minimum atomic E-state index is -0.438. The van der Waals surface area contributed by atoms with Crippen LogP contribution in [0.2, 0.25) is 0 Å². The molecule has 1 atom stereocenters. The lowest BCUT2D eigenvalue weighted by Gasteiger charge is -2.36. The summed E-state index contributed by atoms with van der Waals surface area (Å²) in [6.45, 7) is 7.83. The van der Waals surface area contributed by atoms with Gasteiger partial charge in [0.1, 0.15) is 5.60 Å². The van der Waals surface area contributed by atoms with Crippen LogP contribution in [-0.4, -0.2) is 54.2 Å². The molecule has 2 amide bonds. The second kappa shape index (κ2) is 6.64. The van der Waals surface area contributed by atoms with Crippen molar-refractivity contribution >= 4 is 12.0 Å². The third-order valence-corrected chi connectivity index (χ3v) is 3.88. The molecule has 0 aromatic heterocycles. The monoisotopic (exact) mass is 297 g/mol. The normalized spacial score (nSPS) is 24.6. The molecule has 2 saturated heterocycles. The predicted molar refractivity (Wildman–Crippen MR) is 80.0 cm³/mol. The fraction of sp³-hybridized carbons (Fsp3) is 0.867. The van der Waals surface area contributed by atoms with Crippen LogP contribution in [-0.2, 0) is 9.53 Å². The molecule has 120 valence electrons. The number of nitrogens with one attached hydrogen (secondary N) is 2. The number of nitrogens with zero attached hydrogens (tertiary/aromatic N) is 1. The van der Waals surface area contributed by atoms with Gasteiger partial charge in [-0.05, 0) is 40.0 Å². The minimum absolute atomic E-state index is 0.146. The van der Waals surface area contributed by atoms with E-state index in [9.17, 15) is 9.59 Å². The Labute approximate surface area is 126 Å². The lowest BCUT2D eigenvalue weighted by molar-refractivity contribution is -0.122. The zero-order valence-electron chi connectivity index (χ0n) is 13.3. The Bertz CT molecular complexity index is 374. The zero-order chi connectivity index (χ0) is 15.5. The quantitative estimate of drug-likeness (QED) is 0.805. The minimum Gasteiger partial charge on any atom is -0.444 e. The van der Waals surface area contributed by atoms with E-state index in [1.807, 2.05) is 20.8 Å². The number of piperidine rings is 2. The number of hydrogen-bond acceptors (Lipinski definition) is 4. The Hall–Kier alpha value is -1.30. The summed E-state index contributed by atoms with van der Waals surface area (Å²) in [7, 11) is 0. The fourth-order valence-electron chi connectivity index (χ4n) is 2.76. The summed E-state index contributed by atoms with van der Waals surface area (Å²) < 4.78 is 5.39. The van der Waals surface area contributed by atoms with E-state index < -0.39 is 5.60 Å². The Kier molecular flexibility index (Phi) is 5.08. The van der Waals surface area contributed by atoms with Crippen LogP contribution in [0.5, 0.6) is 0 Å². The van der Waals surface area contributed by atoms with Crippen LogP contribution >= 0.6 is 0 Å². The van der Waals surface area contributed by atoms with Crippen LogP contribution in [0.25, 0.3) is 0 Å². The van der Waals surface area contributed by atoms with Crippen molar-refractivity contribution < 1.29 is 14.3 Å². The van der Waals surface area contributed by atoms with Crippen molar-refractivity contribution in [3.8, 4) is 0 Å². The van der Waals surface area contributed by atoms with Crippen molar-refractivity contribution in [2.75, 3.05) is 19.6 Å². The van der Waals surface area contributed by atoms with E-state index in [1.54, 1.807) is 4.90 Å². The van der Waals surface area contributed by atoms with E-state index in [0.717, 1.165) is 32.4 Å². The van der Waals surface area contributed by atoms with E-state index >= 15 is 0 Å². The maximum absolute atomic E-state index is 12.0. The molecule has 21 heavy (non-hydrogen) atoms. The van der Waals surface area contributed by atoms with Gasteiger partial charge in [-0.1, -0.05) is 0 Å². The Balaban J connectivity index is 1.71. The molecule has 2 aliphatic heterocycles. The maximum Gasteiger partial charge on any atom is 0.410 e. The largest absolute Gasteiger partial charge is 0.444 e. The van der Waals surface area contributed by atoms with Crippen LogP contribution in [0.15, 0.2) is 0 Å². The smallest absolute Gasteiger partial charge is 0.410 e.